The van der Waals surface area contributed by atoms with E-state index in [1.54, 1.807) is 18.2 Å². The minimum atomic E-state index is -0.781. The summed E-state index contributed by atoms with van der Waals surface area (Å²) in [7, 11) is 0. The summed E-state index contributed by atoms with van der Waals surface area (Å²) in [6.45, 7) is 1.81. The van der Waals surface area contributed by atoms with Crippen LogP contribution in [0.1, 0.15) is 18.1 Å². The van der Waals surface area contributed by atoms with Crippen molar-refractivity contribution in [2.24, 2.45) is 5.73 Å². The molecule has 2 aromatic rings. The van der Waals surface area contributed by atoms with Gasteiger partial charge in [-0.2, -0.15) is 0 Å². The van der Waals surface area contributed by atoms with Crippen LogP contribution in [0.25, 0.3) is 0 Å². The Labute approximate surface area is 111 Å². The van der Waals surface area contributed by atoms with E-state index in [0.717, 1.165) is 5.56 Å². The lowest BCUT2D eigenvalue weighted by Gasteiger charge is -2.26. The van der Waals surface area contributed by atoms with E-state index in [2.05, 4.69) is 0 Å². The van der Waals surface area contributed by atoms with E-state index in [9.17, 15) is 4.39 Å². The van der Waals surface area contributed by atoms with Crippen molar-refractivity contribution in [2.45, 2.75) is 18.9 Å². The van der Waals surface area contributed by atoms with Crippen LogP contribution < -0.4 is 5.73 Å². The molecule has 0 aliphatic heterocycles. The second-order valence-corrected chi connectivity index (χ2v) is 5.07. The number of benzene rings is 2. The first kappa shape index (κ1) is 13.1. The van der Waals surface area contributed by atoms with Crippen molar-refractivity contribution >= 4 is 11.6 Å². The Morgan fingerprint density at radius 3 is 2.39 bits per heavy atom. The first-order valence-corrected chi connectivity index (χ1v) is 6.16. The van der Waals surface area contributed by atoms with E-state index in [4.69, 9.17) is 17.3 Å². The van der Waals surface area contributed by atoms with Crippen molar-refractivity contribution < 1.29 is 4.39 Å². The van der Waals surface area contributed by atoms with Crippen LogP contribution >= 0.6 is 11.6 Å². The second kappa shape index (κ2) is 5.09. The molecule has 3 heteroatoms. The number of hydrogen-bond donors (Lipinski definition) is 1. The molecule has 2 N–H and O–H groups in total. The Kier molecular flexibility index (Phi) is 3.69. The highest BCUT2D eigenvalue weighted by molar-refractivity contribution is 6.31. The van der Waals surface area contributed by atoms with Gasteiger partial charge >= 0.3 is 0 Å². The first-order chi connectivity index (χ1) is 8.50. The molecule has 0 spiro atoms. The van der Waals surface area contributed by atoms with Gasteiger partial charge in [-0.05, 0) is 31.0 Å². The molecule has 18 heavy (non-hydrogen) atoms. The molecule has 1 atom stereocenters. The molecule has 0 saturated carbocycles. The van der Waals surface area contributed by atoms with Gasteiger partial charge in [0.1, 0.15) is 5.82 Å². The fourth-order valence-electron chi connectivity index (χ4n) is 2.06. The summed E-state index contributed by atoms with van der Waals surface area (Å²) >= 11 is 6.11. The van der Waals surface area contributed by atoms with E-state index in [1.807, 2.05) is 31.2 Å². The van der Waals surface area contributed by atoms with Crippen LogP contribution in [0, 0.1) is 5.82 Å². The number of halogens is 2. The summed E-state index contributed by atoms with van der Waals surface area (Å²) in [4.78, 5) is 0. The van der Waals surface area contributed by atoms with E-state index in [0.29, 0.717) is 17.0 Å². The minimum absolute atomic E-state index is 0.283. The normalized spacial score (nSPS) is 14.2. The van der Waals surface area contributed by atoms with Gasteiger partial charge in [0.2, 0.25) is 0 Å². The lowest BCUT2D eigenvalue weighted by molar-refractivity contribution is 0.457. The van der Waals surface area contributed by atoms with E-state index in [1.165, 1.54) is 6.07 Å². The number of nitrogens with two attached hydrogens (primary N) is 1. The van der Waals surface area contributed by atoms with Crippen LogP contribution in [0.2, 0.25) is 5.02 Å². The van der Waals surface area contributed by atoms with Gasteiger partial charge in [0.05, 0.1) is 0 Å². The van der Waals surface area contributed by atoms with Crippen LogP contribution in [0.3, 0.4) is 0 Å². The molecular formula is C15H15ClFN. The lowest BCUT2D eigenvalue weighted by atomic mass is 9.86. The molecule has 1 nitrogen and oxygen atoms in total. The Balaban J connectivity index is 2.33. The van der Waals surface area contributed by atoms with Crippen molar-refractivity contribution in [3.8, 4) is 0 Å². The van der Waals surface area contributed by atoms with E-state index in [-0.39, 0.29) is 5.82 Å². The van der Waals surface area contributed by atoms with E-state index < -0.39 is 5.54 Å². The van der Waals surface area contributed by atoms with Gasteiger partial charge in [-0.1, -0.05) is 48.0 Å². The van der Waals surface area contributed by atoms with Crippen LogP contribution in [-0.2, 0) is 12.0 Å². The van der Waals surface area contributed by atoms with Crippen LogP contribution in [0.4, 0.5) is 4.39 Å². The smallest absolute Gasteiger partial charge is 0.128 e. The molecule has 0 heterocycles. The molecule has 2 aromatic carbocycles. The summed E-state index contributed by atoms with van der Waals surface area (Å²) in [6.07, 6.45) is 0.494. The Morgan fingerprint density at radius 1 is 1.11 bits per heavy atom. The largest absolute Gasteiger partial charge is 0.321 e. The molecule has 0 aromatic heterocycles. The zero-order valence-electron chi connectivity index (χ0n) is 10.2. The summed E-state index contributed by atoms with van der Waals surface area (Å²) in [5.74, 6) is -0.283. The molecular weight excluding hydrogens is 249 g/mol. The van der Waals surface area contributed by atoms with Crippen molar-refractivity contribution in [1.29, 1.82) is 0 Å². The van der Waals surface area contributed by atoms with Gasteiger partial charge in [-0.15, -0.1) is 0 Å². The third-order valence-corrected chi connectivity index (χ3v) is 3.37. The molecule has 0 aliphatic rings. The highest BCUT2D eigenvalue weighted by atomic mass is 35.5. The maximum absolute atomic E-state index is 13.8. The highest BCUT2D eigenvalue weighted by Crippen LogP contribution is 2.27. The molecule has 2 rings (SSSR count). The molecule has 0 radical (unpaired) electrons. The predicted molar refractivity (Wildman–Crippen MR) is 73.1 cm³/mol. The fraction of sp³-hybridized carbons (Fsp3) is 0.200. The first-order valence-electron chi connectivity index (χ1n) is 5.78. The molecule has 94 valence electrons. The maximum atomic E-state index is 13.8. The zero-order valence-corrected chi connectivity index (χ0v) is 10.9. The van der Waals surface area contributed by atoms with E-state index >= 15 is 0 Å². The number of hydrogen-bond acceptors (Lipinski definition) is 1. The summed E-state index contributed by atoms with van der Waals surface area (Å²) in [5, 5.41) is 0.658. The molecule has 1 unspecified atom stereocenters. The SMILES string of the molecule is CC(N)(Cc1ccccc1Cl)c1ccccc1F. The Hall–Kier alpha value is -1.38. The maximum Gasteiger partial charge on any atom is 0.128 e. The summed E-state index contributed by atoms with van der Waals surface area (Å²) in [5.41, 5.74) is 6.89. The topological polar surface area (TPSA) is 26.0 Å². The molecule has 0 fully saturated rings. The zero-order chi connectivity index (χ0) is 13.2. The van der Waals surface area contributed by atoms with Gasteiger partial charge in [0, 0.05) is 16.1 Å². The predicted octanol–water partition coefficient (Wildman–Crippen LogP) is 3.90. The third-order valence-electron chi connectivity index (χ3n) is 3.00. The van der Waals surface area contributed by atoms with Gasteiger partial charge in [-0.25, -0.2) is 4.39 Å². The van der Waals surface area contributed by atoms with Crippen molar-refractivity contribution in [3.63, 3.8) is 0 Å². The van der Waals surface area contributed by atoms with Gasteiger partial charge in [0.15, 0.2) is 0 Å². The van der Waals surface area contributed by atoms with Gasteiger partial charge in [0.25, 0.3) is 0 Å². The Morgan fingerprint density at radius 2 is 1.72 bits per heavy atom. The van der Waals surface area contributed by atoms with Crippen LogP contribution in [-0.4, -0.2) is 0 Å². The van der Waals surface area contributed by atoms with Gasteiger partial charge < -0.3 is 5.73 Å². The standard InChI is InChI=1S/C15H15ClFN/c1-15(18,12-7-3-5-9-14(12)17)10-11-6-2-4-8-13(11)16/h2-9H,10,18H2,1H3. The lowest BCUT2D eigenvalue weighted by Crippen LogP contribution is -2.36. The number of rotatable bonds is 3. The summed E-state index contributed by atoms with van der Waals surface area (Å²) < 4.78 is 13.8. The van der Waals surface area contributed by atoms with Crippen LogP contribution in [0.15, 0.2) is 48.5 Å². The average Bonchev–Trinajstić information content (AvgIpc) is 2.32. The van der Waals surface area contributed by atoms with Crippen LogP contribution in [0.5, 0.6) is 0 Å². The van der Waals surface area contributed by atoms with Crippen molar-refractivity contribution in [2.75, 3.05) is 0 Å². The third kappa shape index (κ3) is 2.71. The van der Waals surface area contributed by atoms with Crippen molar-refractivity contribution in [3.05, 3.63) is 70.5 Å². The summed E-state index contributed by atoms with van der Waals surface area (Å²) in [6, 6.07) is 14.1. The quantitative estimate of drug-likeness (QED) is 0.893. The Bertz CT molecular complexity index is 552. The highest BCUT2D eigenvalue weighted by Gasteiger charge is 2.25. The fourth-order valence-corrected chi connectivity index (χ4v) is 2.26. The molecule has 0 aliphatic carbocycles. The van der Waals surface area contributed by atoms with Crippen molar-refractivity contribution in [1.82, 2.24) is 0 Å². The average molecular weight is 264 g/mol. The molecule has 0 bridgehead atoms. The molecule has 0 amide bonds. The monoisotopic (exact) mass is 263 g/mol. The van der Waals surface area contributed by atoms with Gasteiger partial charge in [-0.3, -0.25) is 0 Å². The minimum Gasteiger partial charge on any atom is -0.321 e. The molecule has 0 saturated heterocycles. The second-order valence-electron chi connectivity index (χ2n) is 4.67.